The fraction of sp³-hybridized carbons (Fsp3) is 0.0714. The molecule has 0 aromatic heterocycles. The second-order valence-corrected chi connectivity index (χ2v) is 4.98. The van der Waals surface area contributed by atoms with Crippen LogP contribution in [0.1, 0.15) is 11.6 Å². The lowest BCUT2D eigenvalue weighted by atomic mass is 10.1. The molecule has 6 heteroatoms. The maximum atomic E-state index is 13.6. The van der Waals surface area contributed by atoms with Crippen LogP contribution in [0.2, 0.25) is 0 Å². The quantitative estimate of drug-likeness (QED) is 0.884. The Kier molecular flexibility index (Phi) is 4.34. The Morgan fingerprint density at radius 2 is 1.65 bits per heavy atom. The number of hydrogen-bond acceptors (Lipinski definition) is 2. The topological polar surface area (TPSA) is 49.3 Å². The maximum absolute atomic E-state index is 13.6. The van der Waals surface area contributed by atoms with Crippen molar-refractivity contribution in [2.75, 3.05) is 5.32 Å². The van der Waals surface area contributed by atoms with Crippen LogP contribution in [0.4, 0.5) is 14.5 Å². The number of nitrogens with one attached hydrogen (secondary N) is 1. The molecule has 0 radical (unpaired) electrons. The summed E-state index contributed by atoms with van der Waals surface area (Å²) in [5, 5.41) is 11.6. The Morgan fingerprint density at radius 3 is 2.15 bits per heavy atom. The second kappa shape index (κ2) is 6.00. The molecule has 0 aliphatic rings. The van der Waals surface area contributed by atoms with Gasteiger partial charge in [0.05, 0.1) is 0 Å². The molecule has 2 aromatic rings. The molecule has 0 aliphatic heterocycles. The number of anilines is 1. The van der Waals surface area contributed by atoms with E-state index in [2.05, 4.69) is 21.2 Å². The lowest BCUT2D eigenvalue weighted by Gasteiger charge is -2.17. The van der Waals surface area contributed by atoms with Gasteiger partial charge in [-0.2, -0.15) is 0 Å². The molecular weight excluding hydrogens is 332 g/mol. The van der Waals surface area contributed by atoms with Gasteiger partial charge in [0.2, 0.25) is 0 Å². The molecule has 0 aliphatic carbocycles. The molecule has 0 heterocycles. The van der Waals surface area contributed by atoms with Crippen molar-refractivity contribution in [3.63, 3.8) is 0 Å². The number of carboxylic acids is 1. The Labute approximate surface area is 122 Å². The van der Waals surface area contributed by atoms with Crippen LogP contribution in [-0.2, 0) is 4.79 Å². The normalized spacial score (nSPS) is 11.9. The molecule has 104 valence electrons. The van der Waals surface area contributed by atoms with E-state index >= 15 is 0 Å². The molecule has 0 amide bonds. The van der Waals surface area contributed by atoms with Crippen molar-refractivity contribution in [3.8, 4) is 0 Å². The van der Waals surface area contributed by atoms with Gasteiger partial charge in [-0.25, -0.2) is 13.6 Å². The van der Waals surface area contributed by atoms with Crippen molar-refractivity contribution in [1.82, 2.24) is 0 Å². The van der Waals surface area contributed by atoms with Crippen LogP contribution in [0, 0.1) is 11.6 Å². The molecule has 2 N–H and O–H groups in total. The Balaban J connectivity index is 2.35. The van der Waals surface area contributed by atoms with Crippen LogP contribution in [0.3, 0.4) is 0 Å². The fourth-order valence-corrected chi connectivity index (χ4v) is 1.99. The van der Waals surface area contributed by atoms with Gasteiger partial charge in [0.15, 0.2) is 6.04 Å². The number of carbonyl (C=O) groups is 1. The van der Waals surface area contributed by atoms with Gasteiger partial charge < -0.3 is 10.4 Å². The van der Waals surface area contributed by atoms with Crippen molar-refractivity contribution >= 4 is 27.6 Å². The highest BCUT2D eigenvalue weighted by molar-refractivity contribution is 9.10. The van der Waals surface area contributed by atoms with E-state index in [1.165, 1.54) is 6.07 Å². The van der Waals surface area contributed by atoms with E-state index in [0.717, 1.165) is 16.6 Å². The molecule has 2 rings (SSSR count). The average molecular weight is 342 g/mol. The van der Waals surface area contributed by atoms with Gasteiger partial charge in [0.25, 0.3) is 0 Å². The fourth-order valence-electron chi connectivity index (χ4n) is 1.72. The molecule has 0 bridgehead atoms. The summed E-state index contributed by atoms with van der Waals surface area (Å²) in [7, 11) is 0. The summed E-state index contributed by atoms with van der Waals surface area (Å²) < 4.78 is 27.9. The first-order chi connectivity index (χ1) is 9.49. The molecule has 3 nitrogen and oxygen atoms in total. The minimum Gasteiger partial charge on any atom is -0.479 e. The van der Waals surface area contributed by atoms with E-state index in [0.29, 0.717) is 5.56 Å². The van der Waals surface area contributed by atoms with Crippen LogP contribution in [0.15, 0.2) is 46.9 Å². The number of halogens is 3. The van der Waals surface area contributed by atoms with Crippen molar-refractivity contribution < 1.29 is 18.7 Å². The highest BCUT2D eigenvalue weighted by Crippen LogP contribution is 2.25. The first-order valence-corrected chi connectivity index (χ1v) is 6.47. The summed E-state index contributed by atoms with van der Waals surface area (Å²) >= 11 is 3.23. The Hall–Kier alpha value is -1.95. The number of para-hydroxylation sites is 1. The monoisotopic (exact) mass is 341 g/mol. The zero-order chi connectivity index (χ0) is 14.7. The van der Waals surface area contributed by atoms with Crippen LogP contribution in [-0.4, -0.2) is 11.1 Å². The van der Waals surface area contributed by atoms with Crippen molar-refractivity contribution in [2.45, 2.75) is 6.04 Å². The number of hydrogen-bond donors (Lipinski definition) is 2. The number of benzene rings is 2. The van der Waals surface area contributed by atoms with Crippen molar-refractivity contribution in [2.24, 2.45) is 0 Å². The molecule has 20 heavy (non-hydrogen) atoms. The molecule has 2 aromatic carbocycles. The van der Waals surface area contributed by atoms with E-state index in [1.54, 1.807) is 24.3 Å². The molecule has 0 spiro atoms. The van der Waals surface area contributed by atoms with Gasteiger partial charge >= 0.3 is 5.97 Å². The van der Waals surface area contributed by atoms with Crippen molar-refractivity contribution in [3.05, 3.63) is 64.1 Å². The van der Waals surface area contributed by atoms with Crippen LogP contribution >= 0.6 is 15.9 Å². The smallest absolute Gasteiger partial charge is 0.330 e. The third-order valence-corrected chi connectivity index (χ3v) is 3.23. The third-order valence-electron chi connectivity index (χ3n) is 2.70. The Morgan fingerprint density at radius 1 is 1.10 bits per heavy atom. The van der Waals surface area contributed by atoms with Gasteiger partial charge in [-0.1, -0.05) is 34.1 Å². The molecule has 0 saturated heterocycles. The van der Waals surface area contributed by atoms with Gasteiger partial charge in [-0.05, 0) is 29.8 Å². The molecule has 0 saturated carbocycles. The molecule has 0 fully saturated rings. The predicted octanol–water partition coefficient (Wildman–Crippen LogP) is 3.97. The first-order valence-electron chi connectivity index (χ1n) is 5.68. The molecule has 1 atom stereocenters. The SMILES string of the molecule is O=C(O)C(Nc1c(F)cccc1F)c1ccc(Br)cc1. The number of rotatable bonds is 4. The highest BCUT2D eigenvalue weighted by Gasteiger charge is 2.22. The van der Waals surface area contributed by atoms with E-state index in [-0.39, 0.29) is 0 Å². The lowest BCUT2D eigenvalue weighted by Crippen LogP contribution is -2.21. The summed E-state index contributed by atoms with van der Waals surface area (Å²) in [5.74, 6) is -2.91. The first kappa shape index (κ1) is 14.5. The van der Waals surface area contributed by atoms with Gasteiger partial charge in [-0.15, -0.1) is 0 Å². The Bertz CT molecular complexity index is 611. The third kappa shape index (κ3) is 3.14. The zero-order valence-electron chi connectivity index (χ0n) is 10.1. The van der Waals surface area contributed by atoms with Crippen molar-refractivity contribution in [1.29, 1.82) is 0 Å². The summed E-state index contributed by atoms with van der Waals surface area (Å²) in [4.78, 5) is 11.3. The predicted molar refractivity (Wildman–Crippen MR) is 74.5 cm³/mol. The molecular formula is C14H10BrF2NO2. The number of carboxylic acid groups (broad SMARTS) is 1. The summed E-state index contributed by atoms with van der Waals surface area (Å²) in [6, 6.07) is 8.54. The van der Waals surface area contributed by atoms with Crippen LogP contribution < -0.4 is 5.32 Å². The van der Waals surface area contributed by atoms with E-state index in [4.69, 9.17) is 0 Å². The summed E-state index contributed by atoms with van der Waals surface area (Å²) in [6.07, 6.45) is 0. The summed E-state index contributed by atoms with van der Waals surface area (Å²) in [6.45, 7) is 0. The second-order valence-electron chi connectivity index (χ2n) is 4.06. The lowest BCUT2D eigenvalue weighted by molar-refractivity contribution is -0.138. The highest BCUT2D eigenvalue weighted by atomic mass is 79.9. The van der Waals surface area contributed by atoms with E-state index < -0.39 is 29.3 Å². The van der Waals surface area contributed by atoms with Crippen LogP contribution in [0.25, 0.3) is 0 Å². The van der Waals surface area contributed by atoms with E-state index in [9.17, 15) is 18.7 Å². The van der Waals surface area contributed by atoms with Gasteiger partial charge in [-0.3, -0.25) is 0 Å². The van der Waals surface area contributed by atoms with Gasteiger partial charge in [0, 0.05) is 4.47 Å². The van der Waals surface area contributed by atoms with E-state index in [1.807, 2.05) is 0 Å². The number of aliphatic carboxylic acids is 1. The maximum Gasteiger partial charge on any atom is 0.330 e. The standard InChI is InChI=1S/C14H10BrF2NO2/c15-9-6-4-8(5-7-9)12(14(19)20)18-13-10(16)2-1-3-11(13)17/h1-7,12,18H,(H,19,20). The van der Waals surface area contributed by atoms with Crippen LogP contribution in [0.5, 0.6) is 0 Å². The zero-order valence-corrected chi connectivity index (χ0v) is 11.7. The minimum atomic E-state index is -1.24. The largest absolute Gasteiger partial charge is 0.479 e. The summed E-state index contributed by atoms with van der Waals surface area (Å²) in [5.41, 5.74) is -0.0637. The molecule has 1 unspecified atom stereocenters. The average Bonchev–Trinajstić information content (AvgIpc) is 2.39. The minimum absolute atomic E-state index is 0.392. The van der Waals surface area contributed by atoms with Gasteiger partial charge in [0.1, 0.15) is 17.3 Å².